The predicted molar refractivity (Wildman–Crippen MR) is 102 cm³/mol. The van der Waals surface area contributed by atoms with Crippen molar-refractivity contribution < 1.29 is 27.8 Å². The molecule has 0 aliphatic heterocycles. The lowest BCUT2D eigenvalue weighted by molar-refractivity contribution is -0.139. The molecule has 3 rings (SSSR count). The number of ether oxygens (including phenoxy) is 3. The van der Waals surface area contributed by atoms with Gasteiger partial charge in [0.2, 0.25) is 0 Å². The zero-order valence-electron chi connectivity index (χ0n) is 15.3. The third kappa shape index (κ3) is 5.65. The quantitative estimate of drug-likeness (QED) is 0.499. The van der Waals surface area contributed by atoms with Crippen LogP contribution in [0.2, 0.25) is 5.02 Å². The maximum absolute atomic E-state index is 14.3. The molecule has 0 atom stereocenters. The minimum Gasteiger partial charge on any atom is -0.484 e. The molecule has 3 aromatic rings. The second-order valence-corrected chi connectivity index (χ2v) is 6.40. The molecule has 0 saturated carbocycles. The van der Waals surface area contributed by atoms with Gasteiger partial charge in [-0.05, 0) is 42.0 Å². The summed E-state index contributed by atoms with van der Waals surface area (Å²) in [7, 11) is 1.27. The molecular weight excluding hydrogens is 404 g/mol. The molecule has 1 heterocycles. The number of benzene rings is 2. The second kappa shape index (κ2) is 9.34. The van der Waals surface area contributed by atoms with Gasteiger partial charge in [0.1, 0.15) is 12.4 Å². The number of hydrogen-bond acceptors (Lipinski definition) is 5. The monoisotopic (exact) mass is 419 g/mol. The van der Waals surface area contributed by atoms with Gasteiger partial charge in [-0.2, -0.15) is 0 Å². The SMILES string of the molecule is COC(=O)Cc1ccc(Oc2ccnc(COc3ccc(Cl)cc3F)c2)c(F)c1. The van der Waals surface area contributed by atoms with Crippen molar-refractivity contribution in [1.82, 2.24) is 4.98 Å². The van der Waals surface area contributed by atoms with Gasteiger partial charge < -0.3 is 14.2 Å². The van der Waals surface area contributed by atoms with Gasteiger partial charge in [0.25, 0.3) is 0 Å². The Labute approximate surface area is 170 Å². The van der Waals surface area contributed by atoms with Crippen LogP contribution in [0.15, 0.2) is 54.7 Å². The van der Waals surface area contributed by atoms with Crippen LogP contribution in [0.1, 0.15) is 11.3 Å². The largest absolute Gasteiger partial charge is 0.484 e. The maximum atomic E-state index is 14.3. The number of rotatable bonds is 7. The van der Waals surface area contributed by atoms with Crippen molar-refractivity contribution in [2.75, 3.05) is 7.11 Å². The van der Waals surface area contributed by atoms with E-state index in [1.165, 1.54) is 37.6 Å². The Morgan fingerprint density at radius 3 is 2.52 bits per heavy atom. The molecule has 0 aliphatic rings. The number of pyridine rings is 1. The molecule has 0 unspecified atom stereocenters. The molecule has 5 nitrogen and oxygen atoms in total. The highest BCUT2D eigenvalue weighted by molar-refractivity contribution is 6.30. The van der Waals surface area contributed by atoms with Gasteiger partial charge in [-0.15, -0.1) is 0 Å². The summed E-state index contributed by atoms with van der Waals surface area (Å²) in [6, 6.07) is 11.4. The lowest BCUT2D eigenvalue weighted by atomic mass is 10.1. The summed E-state index contributed by atoms with van der Waals surface area (Å²) < 4.78 is 43.6. The number of esters is 1. The van der Waals surface area contributed by atoms with E-state index in [-0.39, 0.29) is 29.5 Å². The minimum absolute atomic E-state index is 0.0135. The molecule has 8 heteroatoms. The summed E-state index contributed by atoms with van der Waals surface area (Å²) >= 11 is 5.71. The van der Waals surface area contributed by atoms with Crippen molar-refractivity contribution in [2.24, 2.45) is 0 Å². The van der Waals surface area contributed by atoms with Crippen LogP contribution in [0.4, 0.5) is 8.78 Å². The van der Waals surface area contributed by atoms with Crippen LogP contribution in [-0.4, -0.2) is 18.1 Å². The number of methoxy groups -OCH3 is 1. The lowest BCUT2D eigenvalue weighted by Gasteiger charge is -2.10. The number of halogens is 3. The molecule has 29 heavy (non-hydrogen) atoms. The lowest BCUT2D eigenvalue weighted by Crippen LogP contribution is -2.04. The molecule has 0 spiro atoms. The third-order valence-electron chi connectivity index (χ3n) is 3.86. The van der Waals surface area contributed by atoms with Crippen LogP contribution in [0, 0.1) is 11.6 Å². The first kappa shape index (κ1) is 20.5. The van der Waals surface area contributed by atoms with Crippen LogP contribution in [0.25, 0.3) is 0 Å². The summed E-state index contributed by atoms with van der Waals surface area (Å²) in [5, 5.41) is 0.267. The fourth-order valence-electron chi connectivity index (χ4n) is 2.45. The molecule has 0 fully saturated rings. The van der Waals surface area contributed by atoms with Crippen molar-refractivity contribution in [3.63, 3.8) is 0 Å². The van der Waals surface area contributed by atoms with Gasteiger partial charge in [0.05, 0.1) is 19.2 Å². The van der Waals surface area contributed by atoms with Gasteiger partial charge in [0, 0.05) is 17.3 Å². The Hall–Kier alpha value is -3.19. The van der Waals surface area contributed by atoms with Gasteiger partial charge in [-0.3, -0.25) is 9.78 Å². The molecule has 0 aliphatic carbocycles. The summed E-state index contributed by atoms with van der Waals surface area (Å²) in [6.45, 7) is -0.0176. The number of nitrogens with zero attached hydrogens (tertiary/aromatic N) is 1. The van der Waals surface area contributed by atoms with E-state index in [1.54, 1.807) is 18.2 Å². The topological polar surface area (TPSA) is 57.7 Å². The van der Waals surface area contributed by atoms with E-state index in [2.05, 4.69) is 9.72 Å². The third-order valence-corrected chi connectivity index (χ3v) is 4.09. The van der Waals surface area contributed by atoms with Crippen molar-refractivity contribution in [1.29, 1.82) is 0 Å². The van der Waals surface area contributed by atoms with Gasteiger partial charge >= 0.3 is 5.97 Å². The van der Waals surface area contributed by atoms with E-state index < -0.39 is 17.6 Å². The van der Waals surface area contributed by atoms with Gasteiger partial charge in [-0.1, -0.05) is 17.7 Å². The van der Waals surface area contributed by atoms with Crippen LogP contribution in [-0.2, 0) is 22.6 Å². The zero-order chi connectivity index (χ0) is 20.8. The number of hydrogen-bond donors (Lipinski definition) is 0. The summed E-state index contributed by atoms with van der Waals surface area (Å²) in [5.41, 5.74) is 0.926. The first-order valence-electron chi connectivity index (χ1n) is 8.50. The Morgan fingerprint density at radius 2 is 1.79 bits per heavy atom. The molecule has 0 amide bonds. The average Bonchev–Trinajstić information content (AvgIpc) is 2.69. The molecular formula is C21H16ClF2NO4. The highest BCUT2D eigenvalue weighted by atomic mass is 35.5. The Balaban J connectivity index is 1.67. The number of aromatic nitrogens is 1. The van der Waals surface area contributed by atoms with E-state index >= 15 is 0 Å². The van der Waals surface area contributed by atoms with Crippen LogP contribution in [0.3, 0.4) is 0 Å². The smallest absolute Gasteiger partial charge is 0.309 e. The van der Waals surface area contributed by atoms with E-state index in [1.807, 2.05) is 0 Å². The Bertz CT molecular complexity index is 1030. The van der Waals surface area contributed by atoms with Crippen molar-refractivity contribution >= 4 is 17.6 Å². The Kier molecular flexibility index (Phi) is 6.61. The molecule has 0 saturated heterocycles. The molecule has 0 bridgehead atoms. The first-order valence-corrected chi connectivity index (χ1v) is 8.88. The summed E-state index contributed by atoms with van der Waals surface area (Å²) in [5.74, 6) is -1.32. The van der Waals surface area contributed by atoms with Crippen LogP contribution >= 0.6 is 11.6 Å². The minimum atomic E-state index is -0.621. The van der Waals surface area contributed by atoms with Crippen molar-refractivity contribution in [3.8, 4) is 17.2 Å². The van der Waals surface area contributed by atoms with E-state index in [4.69, 9.17) is 21.1 Å². The second-order valence-electron chi connectivity index (χ2n) is 5.97. The van der Waals surface area contributed by atoms with Gasteiger partial charge in [-0.25, -0.2) is 8.78 Å². The zero-order valence-corrected chi connectivity index (χ0v) is 16.1. The van der Waals surface area contributed by atoms with Crippen molar-refractivity contribution in [2.45, 2.75) is 13.0 Å². The highest BCUT2D eigenvalue weighted by Crippen LogP contribution is 2.26. The molecule has 2 aromatic carbocycles. The summed E-state index contributed by atoms with van der Waals surface area (Å²) in [6.07, 6.45) is 1.43. The standard InChI is InChI=1S/C21H16ClF2NO4/c1-27-21(26)9-13-2-4-20(17(23)8-13)29-16-6-7-25-15(11-16)12-28-19-5-3-14(22)10-18(19)24/h2-8,10-11H,9,12H2,1H3. The fraction of sp³-hybridized carbons (Fsp3) is 0.143. The first-order chi connectivity index (χ1) is 13.9. The summed E-state index contributed by atoms with van der Waals surface area (Å²) in [4.78, 5) is 15.4. The fourth-order valence-corrected chi connectivity index (χ4v) is 2.60. The van der Waals surface area contributed by atoms with E-state index in [9.17, 15) is 13.6 Å². The molecule has 0 radical (unpaired) electrons. The van der Waals surface area contributed by atoms with Gasteiger partial charge in [0.15, 0.2) is 23.1 Å². The molecule has 150 valence electrons. The normalized spacial score (nSPS) is 10.5. The van der Waals surface area contributed by atoms with Crippen LogP contribution < -0.4 is 9.47 Å². The van der Waals surface area contributed by atoms with E-state index in [0.717, 1.165) is 6.07 Å². The maximum Gasteiger partial charge on any atom is 0.309 e. The van der Waals surface area contributed by atoms with E-state index in [0.29, 0.717) is 17.0 Å². The number of carbonyl (C=O) groups excluding carboxylic acids is 1. The molecule has 1 aromatic heterocycles. The average molecular weight is 420 g/mol. The van der Waals surface area contributed by atoms with Crippen molar-refractivity contribution in [3.05, 3.63) is 82.6 Å². The predicted octanol–water partition coefficient (Wildman–Crippen LogP) is 5.10. The van der Waals surface area contributed by atoms with Crippen LogP contribution in [0.5, 0.6) is 17.2 Å². The Morgan fingerprint density at radius 1 is 1.03 bits per heavy atom. The number of carbonyl (C=O) groups is 1. The highest BCUT2D eigenvalue weighted by Gasteiger charge is 2.10. The molecule has 0 N–H and O–H groups in total.